The molecule has 0 fully saturated rings. The highest BCUT2D eigenvalue weighted by Gasteiger charge is 2.43. The van der Waals surface area contributed by atoms with Gasteiger partial charge in [-0.25, -0.2) is 4.79 Å². The van der Waals surface area contributed by atoms with Gasteiger partial charge in [-0.1, -0.05) is 54.1 Å². The topological polar surface area (TPSA) is 73.9 Å². The van der Waals surface area contributed by atoms with Crippen LogP contribution in [0, 0.1) is 6.92 Å². The van der Waals surface area contributed by atoms with E-state index in [4.69, 9.17) is 14.2 Å². The Bertz CT molecular complexity index is 1540. The predicted octanol–water partition coefficient (Wildman–Crippen LogP) is 6.87. The highest BCUT2D eigenvalue weighted by molar-refractivity contribution is 9.10. The van der Waals surface area contributed by atoms with Crippen LogP contribution in [-0.2, 0) is 16.1 Å². The Kier molecular flexibility index (Phi) is 7.62. The second kappa shape index (κ2) is 11.1. The van der Waals surface area contributed by atoms with Gasteiger partial charge in [-0.3, -0.25) is 4.79 Å². The quantitative estimate of drug-likeness (QED) is 0.290. The lowest BCUT2D eigenvalue weighted by molar-refractivity contribution is -0.138. The van der Waals surface area contributed by atoms with E-state index in [9.17, 15) is 9.59 Å². The third kappa shape index (κ3) is 4.99. The van der Waals surface area contributed by atoms with Crippen molar-refractivity contribution in [3.8, 4) is 11.5 Å². The van der Waals surface area contributed by atoms with E-state index >= 15 is 0 Å². The summed E-state index contributed by atoms with van der Waals surface area (Å²) in [6.45, 7) is 8.56. The van der Waals surface area contributed by atoms with Crippen LogP contribution in [0.25, 0.3) is 5.70 Å². The highest BCUT2D eigenvalue weighted by Crippen LogP contribution is 2.49. The van der Waals surface area contributed by atoms with Crippen LogP contribution in [-0.4, -0.2) is 25.0 Å². The Labute approximate surface area is 236 Å². The molecule has 0 unspecified atom stereocenters. The molecule has 0 spiro atoms. The average Bonchev–Trinajstić information content (AvgIpc) is 3.19. The fourth-order valence-corrected chi connectivity index (χ4v) is 5.83. The predicted molar refractivity (Wildman–Crippen MR) is 154 cm³/mol. The summed E-state index contributed by atoms with van der Waals surface area (Å²) in [6.07, 6.45) is 0. The first-order valence-corrected chi connectivity index (χ1v) is 13.8. The van der Waals surface area contributed by atoms with Gasteiger partial charge in [0.25, 0.3) is 0 Å². The van der Waals surface area contributed by atoms with Crippen molar-refractivity contribution in [3.05, 3.63) is 110 Å². The third-order valence-electron chi connectivity index (χ3n) is 6.87. The van der Waals surface area contributed by atoms with Gasteiger partial charge in [0.2, 0.25) is 0 Å². The van der Waals surface area contributed by atoms with Gasteiger partial charge in [-0.2, -0.15) is 0 Å². The number of benzene rings is 3. The lowest BCUT2D eigenvalue weighted by Crippen LogP contribution is -2.29. The first kappa shape index (κ1) is 26.8. The number of hydrogen-bond acceptors (Lipinski definition) is 6. The van der Waals surface area contributed by atoms with Crippen LogP contribution in [0.2, 0.25) is 0 Å². The molecule has 5 rings (SSSR count). The van der Waals surface area contributed by atoms with Gasteiger partial charge in [-0.05, 0) is 66.9 Å². The van der Waals surface area contributed by atoms with Gasteiger partial charge in [0.1, 0.15) is 6.61 Å². The molecule has 1 aliphatic carbocycles. The molecule has 39 heavy (non-hydrogen) atoms. The molecular weight excluding hydrogens is 558 g/mol. The van der Waals surface area contributed by atoms with Gasteiger partial charge in [-0.15, -0.1) is 0 Å². The molecule has 0 radical (unpaired) electrons. The average molecular weight is 588 g/mol. The molecule has 1 heterocycles. The number of allylic oxidation sites excluding steroid dienone is 2. The summed E-state index contributed by atoms with van der Waals surface area (Å²) < 4.78 is 18.4. The maximum atomic E-state index is 13.8. The van der Waals surface area contributed by atoms with Crippen LogP contribution in [0.4, 0.5) is 0 Å². The smallest absolute Gasteiger partial charge is 0.336 e. The van der Waals surface area contributed by atoms with Crippen molar-refractivity contribution < 1.29 is 23.8 Å². The molecule has 1 aliphatic heterocycles. The molecule has 1 atom stereocenters. The molecule has 200 valence electrons. The van der Waals surface area contributed by atoms with Gasteiger partial charge in [0.15, 0.2) is 17.3 Å². The zero-order valence-corrected chi connectivity index (χ0v) is 24.0. The van der Waals surface area contributed by atoms with Crippen LogP contribution in [0.5, 0.6) is 11.5 Å². The molecule has 1 N–H and O–H groups in total. The number of dihydropyridines is 1. The van der Waals surface area contributed by atoms with Gasteiger partial charge < -0.3 is 19.5 Å². The number of aryl methyl sites for hydroxylation is 1. The molecule has 0 bridgehead atoms. The number of esters is 1. The number of fused-ring (bicyclic) bond motifs is 2. The van der Waals surface area contributed by atoms with E-state index in [-0.39, 0.29) is 12.4 Å². The Morgan fingerprint density at radius 1 is 0.949 bits per heavy atom. The Hall–Kier alpha value is -3.84. The molecule has 0 saturated carbocycles. The van der Waals surface area contributed by atoms with E-state index in [1.54, 1.807) is 6.92 Å². The number of nitrogens with one attached hydrogen (secondary N) is 1. The fourth-order valence-electron chi connectivity index (χ4n) is 5.26. The summed E-state index contributed by atoms with van der Waals surface area (Å²) >= 11 is 3.69. The van der Waals surface area contributed by atoms with Gasteiger partial charge in [0, 0.05) is 28.3 Å². The summed E-state index contributed by atoms with van der Waals surface area (Å²) in [7, 11) is 0. The van der Waals surface area contributed by atoms with E-state index in [1.807, 2.05) is 75.4 Å². The summed E-state index contributed by atoms with van der Waals surface area (Å²) in [5, 5.41) is 3.33. The highest BCUT2D eigenvalue weighted by atomic mass is 79.9. The largest absolute Gasteiger partial charge is 0.490 e. The first-order chi connectivity index (χ1) is 18.8. The maximum Gasteiger partial charge on any atom is 0.336 e. The van der Waals surface area contributed by atoms with E-state index in [0.717, 1.165) is 28.0 Å². The van der Waals surface area contributed by atoms with Crippen molar-refractivity contribution in [2.75, 3.05) is 13.2 Å². The van der Waals surface area contributed by atoms with E-state index in [2.05, 4.69) is 27.3 Å². The standard InChI is InChI=1S/C32H30BrNO5/c1-5-37-25-16-21(15-24(33)31(25)39-17-20-11-9-10-18(3)14-20)27-26(32(36)38-6-2)19(4)34-29-22-12-7-8-13-23(22)30(35)28(27)29/h7-16,27,34H,5-6,17H2,1-4H3/t27-/m0/s1. The monoisotopic (exact) mass is 587 g/mol. The van der Waals surface area contributed by atoms with Crippen LogP contribution in [0.1, 0.15) is 59.3 Å². The number of halogens is 1. The number of ketones is 1. The van der Waals surface area contributed by atoms with Gasteiger partial charge in [0.05, 0.1) is 29.0 Å². The number of Topliss-reactive ketones (excluding diaryl/α,β-unsaturated/α-hetero) is 1. The third-order valence-corrected chi connectivity index (χ3v) is 7.46. The maximum absolute atomic E-state index is 13.8. The van der Waals surface area contributed by atoms with Crippen molar-refractivity contribution in [2.24, 2.45) is 0 Å². The summed E-state index contributed by atoms with van der Waals surface area (Å²) in [6, 6.07) is 19.4. The molecular formula is C32H30BrNO5. The SMILES string of the molecule is CCOC(=O)C1=C(C)NC2=C(C(=O)c3ccccc32)[C@H]1c1cc(Br)c(OCc2cccc(C)c2)c(OCC)c1. The zero-order chi connectivity index (χ0) is 27.7. The normalized spacial score (nSPS) is 16.0. The summed E-state index contributed by atoms with van der Waals surface area (Å²) in [4.78, 5) is 27.0. The van der Waals surface area contributed by atoms with E-state index < -0.39 is 11.9 Å². The van der Waals surface area contributed by atoms with Crippen LogP contribution < -0.4 is 14.8 Å². The zero-order valence-electron chi connectivity index (χ0n) is 22.4. The number of ether oxygens (including phenoxy) is 3. The Morgan fingerprint density at radius 2 is 1.72 bits per heavy atom. The lowest BCUT2D eigenvalue weighted by atomic mass is 9.79. The molecule has 0 saturated heterocycles. The second-order valence-electron chi connectivity index (χ2n) is 9.52. The van der Waals surface area contributed by atoms with E-state index in [1.165, 1.54) is 0 Å². The minimum atomic E-state index is -0.651. The molecule has 3 aromatic carbocycles. The molecule has 2 aliphatic rings. The number of carbonyl (C=O) groups excluding carboxylic acids is 2. The van der Waals surface area contributed by atoms with Crippen molar-refractivity contribution in [3.63, 3.8) is 0 Å². The summed E-state index contributed by atoms with van der Waals surface area (Å²) in [5.41, 5.74) is 6.65. The minimum absolute atomic E-state index is 0.110. The lowest BCUT2D eigenvalue weighted by Gasteiger charge is -2.30. The molecule has 3 aromatic rings. The second-order valence-corrected chi connectivity index (χ2v) is 10.4. The number of hydrogen-bond donors (Lipinski definition) is 1. The van der Waals surface area contributed by atoms with Crippen LogP contribution in [0.3, 0.4) is 0 Å². The molecule has 0 amide bonds. The van der Waals surface area contributed by atoms with E-state index in [0.29, 0.717) is 51.6 Å². The number of rotatable bonds is 8. The Balaban J connectivity index is 1.62. The van der Waals surface area contributed by atoms with Crippen molar-refractivity contribution >= 4 is 33.4 Å². The van der Waals surface area contributed by atoms with Crippen LogP contribution in [0.15, 0.2) is 82.0 Å². The fraction of sp³-hybridized carbons (Fsp3) is 0.250. The van der Waals surface area contributed by atoms with Crippen LogP contribution >= 0.6 is 15.9 Å². The van der Waals surface area contributed by atoms with Crippen molar-refractivity contribution in [2.45, 2.75) is 40.2 Å². The molecule has 6 nitrogen and oxygen atoms in total. The van der Waals surface area contributed by atoms with Crippen molar-refractivity contribution in [1.82, 2.24) is 5.32 Å². The minimum Gasteiger partial charge on any atom is -0.490 e. The molecule has 0 aromatic heterocycles. The van der Waals surface area contributed by atoms with Gasteiger partial charge >= 0.3 is 5.97 Å². The van der Waals surface area contributed by atoms with Crippen molar-refractivity contribution in [1.29, 1.82) is 0 Å². The summed E-state index contributed by atoms with van der Waals surface area (Å²) in [5.74, 6) is -0.136. The Morgan fingerprint density at radius 3 is 2.44 bits per heavy atom. The first-order valence-electron chi connectivity index (χ1n) is 13.0. The number of carbonyl (C=O) groups is 2. The molecule has 7 heteroatoms.